The number of carbonyl (C=O) groups excluding carboxylic acids is 1. The second-order valence-electron chi connectivity index (χ2n) is 11.4. The number of amides is 1. The Morgan fingerprint density at radius 2 is 1.95 bits per heavy atom. The lowest BCUT2D eigenvalue weighted by Gasteiger charge is -2.48. The van der Waals surface area contributed by atoms with Crippen molar-refractivity contribution in [2.45, 2.75) is 56.9 Å². The number of piperazine rings is 1. The molecule has 4 heterocycles. The Labute approximate surface area is 259 Å². The van der Waals surface area contributed by atoms with Crippen LogP contribution in [-0.4, -0.2) is 74.0 Å². The van der Waals surface area contributed by atoms with Crippen molar-refractivity contribution in [2.24, 2.45) is 4.99 Å². The summed E-state index contributed by atoms with van der Waals surface area (Å²) in [6, 6.07) is 7.94. The topological polar surface area (TPSA) is 92.5 Å². The Morgan fingerprint density at radius 3 is 2.65 bits per heavy atom. The van der Waals surface area contributed by atoms with E-state index in [1.165, 1.54) is 28.8 Å². The number of thioether (sulfide) groups is 1. The summed E-state index contributed by atoms with van der Waals surface area (Å²) in [6.07, 6.45) is 1.54. The highest BCUT2D eigenvalue weighted by molar-refractivity contribution is 7.99. The predicted octanol–water partition coefficient (Wildman–Crippen LogP) is 6.05. The van der Waals surface area contributed by atoms with E-state index in [4.69, 9.17) is 16.6 Å². The fourth-order valence-electron chi connectivity index (χ4n) is 6.41. The molecule has 11 heteroatoms. The van der Waals surface area contributed by atoms with E-state index in [1.807, 2.05) is 33.8 Å². The monoisotopic (exact) mass is 621 g/mol. The molecule has 8 nitrogen and oxygen atoms in total. The quantitative estimate of drug-likeness (QED) is 0.343. The number of aliphatic hydroxyl groups excluding tert-OH is 1. The zero-order valence-electron chi connectivity index (χ0n) is 24.4. The van der Waals surface area contributed by atoms with Crippen molar-refractivity contribution in [2.75, 3.05) is 23.7 Å². The van der Waals surface area contributed by atoms with Crippen LogP contribution in [0.1, 0.15) is 43.5 Å². The van der Waals surface area contributed by atoms with Gasteiger partial charge in [-0.25, -0.2) is 9.38 Å². The minimum atomic E-state index is -1.48. The molecule has 0 aliphatic carbocycles. The predicted molar refractivity (Wildman–Crippen MR) is 169 cm³/mol. The summed E-state index contributed by atoms with van der Waals surface area (Å²) in [5.74, 6) is -0.0260. The molecule has 224 valence electrons. The number of phenolic OH excluding ortho intramolecular Hbond substituents is 1. The molecule has 1 amide bonds. The molecule has 3 aliphatic rings. The lowest BCUT2D eigenvalue weighted by molar-refractivity contribution is -0.129. The van der Waals surface area contributed by atoms with Crippen LogP contribution in [0.3, 0.4) is 0 Å². The summed E-state index contributed by atoms with van der Waals surface area (Å²) >= 11 is 8.55. The Morgan fingerprint density at radius 1 is 1.21 bits per heavy atom. The van der Waals surface area contributed by atoms with Crippen LogP contribution >= 0.6 is 23.4 Å². The van der Waals surface area contributed by atoms with Crippen molar-refractivity contribution >= 4 is 46.5 Å². The van der Waals surface area contributed by atoms with Gasteiger partial charge in [-0.3, -0.25) is 14.7 Å². The number of aromatic nitrogens is 1. The van der Waals surface area contributed by atoms with Gasteiger partial charge in [0.25, 0.3) is 0 Å². The number of rotatable bonds is 4. The normalized spacial score (nSPS) is 21.3. The van der Waals surface area contributed by atoms with Gasteiger partial charge in [-0.05, 0) is 43.5 Å². The number of halogens is 2. The number of anilines is 2. The first-order valence-electron chi connectivity index (χ1n) is 14.2. The van der Waals surface area contributed by atoms with Crippen LogP contribution in [0, 0.1) is 12.7 Å². The van der Waals surface area contributed by atoms with E-state index in [0.717, 1.165) is 5.56 Å². The highest BCUT2D eigenvalue weighted by Crippen LogP contribution is 2.53. The number of aliphatic imine (C=N–C) groups is 1. The van der Waals surface area contributed by atoms with Gasteiger partial charge in [0.2, 0.25) is 12.3 Å². The molecule has 3 aromatic rings. The zero-order valence-corrected chi connectivity index (χ0v) is 26.0. The number of pyridine rings is 1. The number of para-hydroxylation sites is 1. The molecule has 6 rings (SSSR count). The van der Waals surface area contributed by atoms with Crippen molar-refractivity contribution in [1.29, 1.82) is 0 Å². The minimum Gasteiger partial charge on any atom is -0.507 e. The maximum absolute atomic E-state index is 17.3. The van der Waals surface area contributed by atoms with E-state index in [2.05, 4.69) is 16.5 Å². The van der Waals surface area contributed by atoms with E-state index < -0.39 is 12.2 Å². The maximum atomic E-state index is 17.3. The van der Waals surface area contributed by atoms with E-state index in [-0.39, 0.29) is 51.5 Å². The lowest BCUT2D eigenvalue weighted by Crippen LogP contribution is -2.62. The molecule has 2 N–H and O–H groups in total. The molecule has 0 radical (unpaired) electrons. The maximum Gasteiger partial charge on any atom is 0.246 e. The summed E-state index contributed by atoms with van der Waals surface area (Å²) in [4.78, 5) is 28.0. The van der Waals surface area contributed by atoms with Crippen molar-refractivity contribution in [1.82, 2.24) is 14.8 Å². The Balaban J connectivity index is 1.67. The summed E-state index contributed by atoms with van der Waals surface area (Å²) in [5, 5.41) is 22.8. The average Bonchev–Trinajstić information content (AvgIpc) is 3.13. The van der Waals surface area contributed by atoms with Crippen molar-refractivity contribution in [3.8, 4) is 16.9 Å². The van der Waals surface area contributed by atoms with Gasteiger partial charge in [0.05, 0.1) is 33.7 Å². The van der Waals surface area contributed by atoms with Crippen LogP contribution in [0.4, 0.5) is 15.8 Å². The molecule has 1 saturated heterocycles. The summed E-state index contributed by atoms with van der Waals surface area (Å²) in [5.41, 5.74) is 2.95. The van der Waals surface area contributed by atoms with Gasteiger partial charge in [0.15, 0.2) is 5.82 Å². The molecule has 0 bridgehead atoms. The molecule has 1 aromatic heterocycles. The Hall–Kier alpha value is -3.60. The van der Waals surface area contributed by atoms with Crippen LogP contribution < -0.4 is 4.90 Å². The number of aliphatic hydroxyl groups is 1. The van der Waals surface area contributed by atoms with Crippen molar-refractivity contribution < 1.29 is 19.4 Å². The second kappa shape index (κ2) is 11.2. The van der Waals surface area contributed by atoms with Crippen LogP contribution in [-0.2, 0) is 4.79 Å². The standard InChI is InChI=1S/C32H33ClFN5O3S/c1-6-22(41)37-13-18(5)38-19(14-37)15-43-30-24-29(26(34)23(25(30)33)20-9-7-8-10-21(20)40)39(32(42)36-31(24)38)28-17(4)11-12-35-27(28)16(2)3/h6-12,16,18-19,32,40,42H,1,13-15H2,2-5H3. The molecular formula is C32H33ClFN5O3S. The number of hydrogen-bond donors (Lipinski definition) is 2. The van der Waals surface area contributed by atoms with Gasteiger partial charge in [0.1, 0.15) is 11.6 Å². The largest absolute Gasteiger partial charge is 0.507 e. The smallest absolute Gasteiger partial charge is 0.246 e. The van der Waals surface area contributed by atoms with Gasteiger partial charge in [-0.2, -0.15) is 0 Å². The first-order chi connectivity index (χ1) is 20.5. The molecule has 2 aromatic carbocycles. The third kappa shape index (κ3) is 4.67. The highest BCUT2D eigenvalue weighted by atomic mass is 35.5. The number of benzene rings is 2. The first kappa shape index (κ1) is 29.5. The van der Waals surface area contributed by atoms with Crippen LogP contribution in [0.5, 0.6) is 5.75 Å². The minimum absolute atomic E-state index is 0.0340. The van der Waals surface area contributed by atoms with E-state index in [9.17, 15) is 15.0 Å². The summed E-state index contributed by atoms with van der Waals surface area (Å²) < 4.78 is 17.3. The van der Waals surface area contributed by atoms with Gasteiger partial charge < -0.3 is 20.0 Å². The van der Waals surface area contributed by atoms with E-state index in [0.29, 0.717) is 46.5 Å². The number of aromatic hydroxyl groups is 1. The fraction of sp³-hybridized carbons (Fsp3) is 0.344. The number of hydrogen-bond acceptors (Lipinski definition) is 8. The molecular weight excluding hydrogens is 589 g/mol. The first-order valence-corrected chi connectivity index (χ1v) is 15.6. The highest BCUT2D eigenvalue weighted by Gasteiger charge is 2.46. The van der Waals surface area contributed by atoms with Gasteiger partial charge >= 0.3 is 0 Å². The number of amidine groups is 1. The molecule has 3 unspecified atom stereocenters. The average molecular weight is 622 g/mol. The molecule has 3 atom stereocenters. The third-order valence-corrected chi connectivity index (χ3v) is 10.0. The van der Waals surface area contributed by atoms with Gasteiger partial charge in [-0.1, -0.05) is 50.2 Å². The zero-order chi connectivity index (χ0) is 30.7. The molecule has 3 aliphatic heterocycles. The fourth-order valence-corrected chi connectivity index (χ4v) is 8.04. The van der Waals surface area contributed by atoms with Crippen molar-refractivity contribution in [3.05, 3.63) is 76.8 Å². The molecule has 0 spiro atoms. The Kier molecular flexibility index (Phi) is 7.64. The molecule has 43 heavy (non-hydrogen) atoms. The summed E-state index contributed by atoms with van der Waals surface area (Å²) in [6.45, 7) is 12.4. The number of carbonyl (C=O) groups is 1. The van der Waals surface area contributed by atoms with Crippen LogP contribution in [0.2, 0.25) is 5.02 Å². The van der Waals surface area contributed by atoms with Gasteiger partial charge in [-0.15, -0.1) is 11.8 Å². The van der Waals surface area contributed by atoms with Gasteiger partial charge in [0, 0.05) is 47.1 Å². The van der Waals surface area contributed by atoms with Crippen molar-refractivity contribution in [3.63, 3.8) is 0 Å². The van der Waals surface area contributed by atoms with E-state index in [1.54, 1.807) is 29.3 Å². The number of nitrogens with zero attached hydrogens (tertiary/aromatic N) is 5. The Bertz CT molecular complexity index is 1680. The van der Waals surface area contributed by atoms with Crippen LogP contribution in [0.15, 0.2) is 59.1 Å². The number of phenols is 1. The third-order valence-electron chi connectivity index (χ3n) is 8.29. The number of fused-ring (bicyclic) bond motifs is 2. The van der Waals surface area contributed by atoms with E-state index >= 15 is 4.39 Å². The summed E-state index contributed by atoms with van der Waals surface area (Å²) in [7, 11) is 0. The lowest BCUT2D eigenvalue weighted by atomic mass is 9.95. The second-order valence-corrected chi connectivity index (χ2v) is 12.8. The number of aryl methyl sites for hydroxylation is 1. The molecule has 0 saturated carbocycles. The molecule has 1 fully saturated rings. The SMILES string of the molecule is C=CC(=O)N1CC(C)N2C3=NC(O)N(c4c(C)ccnc4C(C)C)c4c(F)c(-c5ccccc5O)c(Cl)c(c43)SCC2C1. The van der Waals surface area contributed by atoms with Crippen LogP contribution in [0.25, 0.3) is 11.1 Å².